The van der Waals surface area contributed by atoms with E-state index in [9.17, 15) is 5.11 Å². The minimum Gasteiger partial charge on any atom is -0.507 e. The number of hydrogen-bond donors (Lipinski definition) is 1. The quantitative estimate of drug-likeness (QED) is 0.670. The zero-order valence-corrected chi connectivity index (χ0v) is 21.0. The first-order chi connectivity index (χ1) is 16.6. The van der Waals surface area contributed by atoms with Crippen molar-refractivity contribution in [3.8, 4) is 5.75 Å². The molecule has 0 atom stereocenters. The maximum atomic E-state index is 10.0. The summed E-state index contributed by atoms with van der Waals surface area (Å²) in [6.45, 7) is 13.7. The zero-order chi connectivity index (χ0) is 23.5. The summed E-state index contributed by atoms with van der Waals surface area (Å²) in [5.74, 6) is 3.59. The molecular formula is C27H40N6O. The van der Waals surface area contributed by atoms with Gasteiger partial charge in [0.2, 0.25) is 5.95 Å². The van der Waals surface area contributed by atoms with Crippen molar-refractivity contribution < 1.29 is 5.11 Å². The molecule has 3 aliphatic heterocycles. The Labute approximate surface area is 204 Å². The molecule has 3 aliphatic rings. The first kappa shape index (κ1) is 23.2. The van der Waals surface area contributed by atoms with Gasteiger partial charge in [-0.25, -0.2) is 0 Å². The van der Waals surface area contributed by atoms with Crippen molar-refractivity contribution >= 4 is 17.6 Å². The number of phenolic OH excluding ortho intramolecular Hbond substituents is 1. The number of nitrogens with zero attached hydrogens (tertiary/aromatic N) is 6. The molecule has 34 heavy (non-hydrogen) atoms. The van der Waals surface area contributed by atoms with Crippen LogP contribution in [0.3, 0.4) is 0 Å². The van der Waals surface area contributed by atoms with Gasteiger partial charge >= 0.3 is 0 Å². The van der Waals surface area contributed by atoms with Crippen molar-refractivity contribution in [2.24, 2.45) is 0 Å². The molecular weight excluding hydrogens is 424 g/mol. The number of hydrogen-bond acceptors (Lipinski definition) is 7. The van der Waals surface area contributed by atoms with E-state index in [0.717, 1.165) is 100 Å². The van der Waals surface area contributed by atoms with E-state index in [1.54, 1.807) is 0 Å². The molecule has 7 heteroatoms. The molecule has 1 N–H and O–H groups in total. The Kier molecular flexibility index (Phi) is 7.09. The van der Waals surface area contributed by atoms with Crippen LogP contribution in [0.15, 0.2) is 18.2 Å². The van der Waals surface area contributed by atoms with Crippen LogP contribution in [-0.2, 0) is 6.42 Å². The van der Waals surface area contributed by atoms with Gasteiger partial charge in [-0.2, -0.15) is 9.97 Å². The van der Waals surface area contributed by atoms with Gasteiger partial charge in [0.05, 0.1) is 0 Å². The van der Waals surface area contributed by atoms with E-state index in [1.165, 1.54) is 31.2 Å². The molecule has 0 radical (unpaired) electrons. The van der Waals surface area contributed by atoms with E-state index >= 15 is 0 Å². The van der Waals surface area contributed by atoms with Gasteiger partial charge in [-0.1, -0.05) is 12.1 Å². The fourth-order valence-electron chi connectivity index (χ4n) is 5.64. The second kappa shape index (κ2) is 10.4. The van der Waals surface area contributed by atoms with Gasteiger partial charge in [0.1, 0.15) is 17.4 Å². The van der Waals surface area contributed by atoms with Gasteiger partial charge in [-0.05, 0) is 75.6 Å². The van der Waals surface area contributed by atoms with Crippen LogP contribution in [0.5, 0.6) is 5.75 Å². The Balaban J connectivity index is 1.18. The monoisotopic (exact) mass is 464 g/mol. The number of benzene rings is 1. The van der Waals surface area contributed by atoms with Crippen LogP contribution in [0.25, 0.3) is 0 Å². The minimum absolute atomic E-state index is 0.436. The molecule has 0 spiro atoms. The summed E-state index contributed by atoms with van der Waals surface area (Å²) in [4.78, 5) is 19.9. The first-order valence-electron chi connectivity index (χ1n) is 13.2. The van der Waals surface area contributed by atoms with Crippen LogP contribution in [0.4, 0.5) is 17.6 Å². The summed E-state index contributed by atoms with van der Waals surface area (Å²) in [7, 11) is 0. The molecule has 1 aromatic heterocycles. The molecule has 0 saturated carbocycles. The Bertz CT molecular complexity index is 918. The predicted molar refractivity (Wildman–Crippen MR) is 139 cm³/mol. The Morgan fingerprint density at radius 1 is 0.706 bits per heavy atom. The summed E-state index contributed by atoms with van der Waals surface area (Å²) >= 11 is 0. The number of piperazine rings is 1. The van der Waals surface area contributed by atoms with Crippen LogP contribution >= 0.6 is 0 Å². The third-order valence-electron chi connectivity index (χ3n) is 7.69. The third kappa shape index (κ3) is 5.24. The van der Waals surface area contributed by atoms with E-state index in [0.29, 0.717) is 5.75 Å². The average molecular weight is 465 g/mol. The van der Waals surface area contributed by atoms with Crippen molar-refractivity contribution in [2.45, 2.75) is 52.4 Å². The van der Waals surface area contributed by atoms with Crippen molar-refractivity contribution in [1.29, 1.82) is 0 Å². The molecule has 3 fully saturated rings. The number of aryl methyl sites for hydroxylation is 3. The van der Waals surface area contributed by atoms with Gasteiger partial charge in [-0.15, -0.1) is 0 Å². The lowest BCUT2D eigenvalue weighted by Crippen LogP contribution is -2.47. The van der Waals surface area contributed by atoms with Crippen LogP contribution in [0.2, 0.25) is 0 Å². The molecule has 0 amide bonds. The van der Waals surface area contributed by atoms with Crippen molar-refractivity contribution in [3.05, 3.63) is 34.9 Å². The molecule has 4 heterocycles. The average Bonchev–Trinajstić information content (AvgIpc) is 3.58. The van der Waals surface area contributed by atoms with E-state index in [1.807, 2.05) is 13.8 Å². The molecule has 184 valence electrons. The number of rotatable bonds is 7. The number of aromatic nitrogens is 2. The summed E-state index contributed by atoms with van der Waals surface area (Å²) in [6.07, 6.45) is 7.23. The molecule has 3 saturated heterocycles. The molecule has 5 rings (SSSR count). The van der Waals surface area contributed by atoms with Crippen LogP contribution < -0.4 is 14.7 Å². The van der Waals surface area contributed by atoms with E-state index in [4.69, 9.17) is 9.97 Å². The lowest BCUT2D eigenvalue weighted by atomic mass is 10.0. The fraction of sp³-hybridized carbons (Fsp3) is 0.630. The number of phenols is 1. The SMILES string of the molecule is Cc1cc(CCCN2CCN(c3cc(N4CCCC4)nc(N4CCCC4)n3)CC2)cc(C)c1O. The Morgan fingerprint density at radius 3 is 1.82 bits per heavy atom. The van der Waals surface area contributed by atoms with Gasteiger partial charge in [-0.3, -0.25) is 4.90 Å². The maximum Gasteiger partial charge on any atom is 0.229 e. The first-order valence-corrected chi connectivity index (χ1v) is 13.2. The lowest BCUT2D eigenvalue weighted by Gasteiger charge is -2.36. The fourth-order valence-corrected chi connectivity index (χ4v) is 5.64. The van der Waals surface area contributed by atoms with Crippen LogP contribution in [-0.4, -0.2) is 78.9 Å². The van der Waals surface area contributed by atoms with Gasteiger partial charge in [0.15, 0.2) is 0 Å². The summed E-state index contributed by atoms with van der Waals surface area (Å²) < 4.78 is 0. The van der Waals surface area contributed by atoms with Crippen molar-refractivity contribution in [3.63, 3.8) is 0 Å². The predicted octanol–water partition coefficient (Wildman–Crippen LogP) is 3.75. The molecule has 2 aromatic rings. The van der Waals surface area contributed by atoms with Gasteiger partial charge < -0.3 is 19.8 Å². The highest BCUT2D eigenvalue weighted by atomic mass is 16.3. The largest absolute Gasteiger partial charge is 0.507 e. The van der Waals surface area contributed by atoms with Gasteiger partial charge in [0.25, 0.3) is 0 Å². The zero-order valence-electron chi connectivity index (χ0n) is 21.0. The standard InChI is InChI=1S/C27H40N6O/c1-21-18-23(19-22(2)26(21)34)8-7-9-30-14-16-32(17-15-30)25-20-24(31-10-3-4-11-31)28-27(29-25)33-12-5-6-13-33/h18-20,34H,3-17H2,1-2H3. The second-order valence-electron chi connectivity index (χ2n) is 10.3. The number of aromatic hydroxyl groups is 1. The molecule has 0 aliphatic carbocycles. The Morgan fingerprint density at radius 2 is 1.24 bits per heavy atom. The minimum atomic E-state index is 0.436. The highest BCUT2D eigenvalue weighted by Gasteiger charge is 2.24. The summed E-state index contributed by atoms with van der Waals surface area (Å²) in [5, 5.41) is 10.0. The van der Waals surface area contributed by atoms with Crippen molar-refractivity contribution in [1.82, 2.24) is 14.9 Å². The maximum absolute atomic E-state index is 10.0. The normalized spacial score (nSPS) is 19.4. The molecule has 0 unspecified atom stereocenters. The Hall–Kier alpha value is -2.54. The lowest BCUT2D eigenvalue weighted by molar-refractivity contribution is 0.254. The van der Waals surface area contributed by atoms with Crippen LogP contribution in [0.1, 0.15) is 48.8 Å². The molecule has 0 bridgehead atoms. The van der Waals surface area contributed by atoms with E-state index < -0.39 is 0 Å². The number of anilines is 3. The van der Waals surface area contributed by atoms with Crippen molar-refractivity contribution in [2.75, 3.05) is 73.6 Å². The smallest absolute Gasteiger partial charge is 0.229 e. The van der Waals surface area contributed by atoms with E-state index in [-0.39, 0.29) is 0 Å². The second-order valence-corrected chi connectivity index (χ2v) is 10.3. The van der Waals surface area contributed by atoms with E-state index in [2.05, 4.69) is 37.8 Å². The molecule has 7 nitrogen and oxygen atoms in total. The topological polar surface area (TPSA) is 59.0 Å². The highest BCUT2D eigenvalue weighted by Crippen LogP contribution is 2.28. The molecule has 1 aromatic carbocycles. The summed E-state index contributed by atoms with van der Waals surface area (Å²) in [6, 6.07) is 6.49. The van der Waals surface area contributed by atoms with Gasteiger partial charge in [0, 0.05) is 58.4 Å². The highest BCUT2D eigenvalue weighted by molar-refractivity contribution is 5.56. The third-order valence-corrected chi connectivity index (χ3v) is 7.69. The van der Waals surface area contributed by atoms with Crippen LogP contribution in [0, 0.1) is 13.8 Å². The summed E-state index contributed by atoms with van der Waals surface area (Å²) in [5.41, 5.74) is 3.29.